The number of likely N-dealkylation sites (tertiary alicyclic amines) is 1. The molecule has 1 unspecified atom stereocenters. The summed E-state index contributed by atoms with van der Waals surface area (Å²) in [7, 11) is 0. The Kier molecular flexibility index (Phi) is 3.40. The van der Waals surface area contributed by atoms with E-state index in [0.717, 1.165) is 5.69 Å². The van der Waals surface area contributed by atoms with Crippen LogP contribution in [0.2, 0.25) is 0 Å². The summed E-state index contributed by atoms with van der Waals surface area (Å²) in [5, 5.41) is 13.4. The molecule has 22 heavy (non-hydrogen) atoms. The third kappa shape index (κ3) is 2.45. The van der Waals surface area contributed by atoms with Crippen LogP contribution in [0.15, 0.2) is 36.8 Å². The van der Waals surface area contributed by atoms with Crippen LogP contribution >= 0.6 is 0 Å². The van der Waals surface area contributed by atoms with Crippen molar-refractivity contribution in [3.8, 4) is 5.69 Å². The molecule has 7 heteroatoms. The van der Waals surface area contributed by atoms with Gasteiger partial charge in [0.1, 0.15) is 5.69 Å². The lowest BCUT2D eigenvalue weighted by atomic mass is 9.90. The van der Waals surface area contributed by atoms with Gasteiger partial charge in [-0.3, -0.25) is 14.6 Å². The average Bonchev–Trinajstić information content (AvgIpc) is 3.17. The predicted octanol–water partition coefficient (Wildman–Crippen LogP) is 1.20. The minimum Gasteiger partial charge on any atom is -0.481 e. The minimum atomic E-state index is -0.880. The second-order valence-corrected chi connectivity index (χ2v) is 5.69. The van der Waals surface area contributed by atoms with Crippen LogP contribution in [0.1, 0.15) is 23.8 Å². The van der Waals surface area contributed by atoms with Crippen molar-refractivity contribution in [3.05, 3.63) is 42.5 Å². The maximum atomic E-state index is 12.5. The van der Waals surface area contributed by atoms with Crippen LogP contribution in [-0.4, -0.2) is 49.7 Å². The number of hydrogen-bond acceptors (Lipinski definition) is 4. The van der Waals surface area contributed by atoms with Crippen LogP contribution in [0.5, 0.6) is 0 Å². The molecule has 0 aliphatic carbocycles. The van der Waals surface area contributed by atoms with E-state index in [1.165, 1.54) is 0 Å². The molecule has 7 nitrogen and oxygen atoms in total. The molecule has 2 aromatic rings. The number of carboxylic acid groups (broad SMARTS) is 1. The fraction of sp³-hybridized carbons (Fsp3) is 0.333. The molecule has 0 spiro atoms. The van der Waals surface area contributed by atoms with Crippen molar-refractivity contribution in [1.82, 2.24) is 19.7 Å². The van der Waals surface area contributed by atoms with Gasteiger partial charge in [0.05, 0.1) is 11.1 Å². The molecule has 0 aromatic carbocycles. The first-order chi connectivity index (χ1) is 10.5. The van der Waals surface area contributed by atoms with E-state index in [1.54, 1.807) is 53.3 Å². The zero-order valence-electron chi connectivity index (χ0n) is 12.1. The SMILES string of the molecule is CC1(C(=O)O)CCN(C(=O)c2cc(-n3cccn3)ccn2)C1. The molecule has 1 aliphatic heterocycles. The molecule has 1 saturated heterocycles. The lowest BCUT2D eigenvalue weighted by Gasteiger charge is -2.20. The number of amides is 1. The Morgan fingerprint density at radius 2 is 2.18 bits per heavy atom. The highest BCUT2D eigenvalue weighted by atomic mass is 16.4. The molecule has 2 aromatic heterocycles. The molecule has 114 valence electrons. The number of carbonyl (C=O) groups excluding carboxylic acids is 1. The summed E-state index contributed by atoms with van der Waals surface area (Å²) < 4.78 is 1.64. The van der Waals surface area contributed by atoms with Gasteiger partial charge in [0.25, 0.3) is 5.91 Å². The monoisotopic (exact) mass is 300 g/mol. The summed E-state index contributed by atoms with van der Waals surface area (Å²) in [5.74, 6) is -1.12. The maximum Gasteiger partial charge on any atom is 0.311 e. The van der Waals surface area contributed by atoms with Crippen molar-refractivity contribution in [1.29, 1.82) is 0 Å². The third-order valence-corrected chi connectivity index (χ3v) is 4.01. The van der Waals surface area contributed by atoms with Crippen molar-refractivity contribution in [2.45, 2.75) is 13.3 Å². The molecule has 1 fully saturated rings. The van der Waals surface area contributed by atoms with Crippen molar-refractivity contribution < 1.29 is 14.7 Å². The molecule has 3 heterocycles. The largest absolute Gasteiger partial charge is 0.481 e. The molecule has 1 amide bonds. The van der Waals surface area contributed by atoms with Crippen LogP contribution in [0.25, 0.3) is 5.69 Å². The van der Waals surface area contributed by atoms with Gasteiger partial charge in [-0.15, -0.1) is 0 Å². The van der Waals surface area contributed by atoms with Gasteiger partial charge in [-0.05, 0) is 31.5 Å². The fourth-order valence-corrected chi connectivity index (χ4v) is 2.57. The predicted molar refractivity (Wildman–Crippen MR) is 77.6 cm³/mol. The molecular formula is C15H16N4O3. The van der Waals surface area contributed by atoms with Gasteiger partial charge in [0.15, 0.2) is 0 Å². The van der Waals surface area contributed by atoms with Crippen LogP contribution < -0.4 is 0 Å². The number of rotatable bonds is 3. The number of aliphatic carboxylic acids is 1. The van der Waals surface area contributed by atoms with E-state index in [-0.39, 0.29) is 12.5 Å². The zero-order chi connectivity index (χ0) is 15.7. The molecule has 0 saturated carbocycles. The summed E-state index contributed by atoms with van der Waals surface area (Å²) in [6.07, 6.45) is 5.44. The normalized spacial score (nSPS) is 21.0. The first-order valence-corrected chi connectivity index (χ1v) is 6.98. The van der Waals surface area contributed by atoms with Gasteiger partial charge in [-0.2, -0.15) is 5.10 Å². The van der Waals surface area contributed by atoms with E-state index < -0.39 is 11.4 Å². The summed E-state index contributed by atoms with van der Waals surface area (Å²) in [6.45, 7) is 2.29. The molecule has 0 bridgehead atoms. The molecule has 1 atom stereocenters. The molecule has 3 rings (SSSR count). The Morgan fingerprint density at radius 3 is 2.82 bits per heavy atom. The maximum absolute atomic E-state index is 12.5. The van der Waals surface area contributed by atoms with Crippen molar-refractivity contribution in [2.24, 2.45) is 5.41 Å². The summed E-state index contributed by atoms with van der Waals surface area (Å²) >= 11 is 0. The highest BCUT2D eigenvalue weighted by Crippen LogP contribution is 2.30. The van der Waals surface area contributed by atoms with E-state index in [9.17, 15) is 14.7 Å². The van der Waals surface area contributed by atoms with Gasteiger partial charge in [-0.1, -0.05) is 0 Å². The van der Waals surface area contributed by atoms with Crippen molar-refractivity contribution >= 4 is 11.9 Å². The highest BCUT2D eigenvalue weighted by molar-refractivity contribution is 5.93. The Morgan fingerprint density at radius 1 is 1.36 bits per heavy atom. The van der Waals surface area contributed by atoms with Gasteiger partial charge in [0.2, 0.25) is 0 Å². The minimum absolute atomic E-state index is 0.203. The third-order valence-electron chi connectivity index (χ3n) is 4.01. The highest BCUT2D eigenvalue weighted by Gasteiger charge is 2.42. The first-order valence-electron chi connectivity index (χ1n) is 6.98. The smallest absolute Gasteiger partial charge is 0.311 e. The molecule has 0 radical (unpaired) electrons. The average molecular weight is 300 g/mol. The summed E-state index contributed by atoms with van der Waals surface area (Å²) in [6, 6.07) is 5.21. The van der Waals surface area contributed by atoms with E-state index in [2.05, 4.69) is 10.1 Å². The number of carbonyl (C=O) groups is 2. The van der Waals surface area contributed by atoms with Gasteiger partial charge >= 0.3 is 5.97 Å². The lowest BCUT2D eigenvalue weighted by molar-refractivity contribution is -0.147. The Labute approximate surface area is 127 Å². The standard InChI is InChI=1S/C15H16N4O3/c1-15(14(21)22)4-8-18(10-15)13(20)12-9-11(3-6-16-12)19-7-2-5-17-19/h2-3,5-7,9H,4,8,10H2,1H3,(H,21,22). The summed E-state index contributed by atoms with van der Waals surface area (Å²) in [5.41, 5.74) is 0.154. The molecular weight excluding hydrogens is 284 g/mol. The van der Waals surface area contributed by atoms with Gasteiger partial charge in [-0.25, -0.2) is 4.68 Å². The first kappa shape index (κ1) is 14.2. The lowest BCUT2D eigenvalue weighted by Crippen LogP contribution is -2.35. The van der Waals surface area contributed by atoms with E-state index >= 15 is 0 Å². The number of pyridine rings is 1. The number of carboxylic acids is 1. The summed E-state index contributed by atoms with van der Waals surface area (Å²) in [4.78, 5) is 29.4. The second kappa shape index (κ2) is 5.25. The zero-order valence-corrected chi connectivity index (χ0v) is 12.1. The van der Waals surface area contributed by atoms with Crippen LogP contribution in [0.3, 0.4) is 0 Å². The fourth-order valence-electron chi connectivity index (χ4n) is 2.57. The van der Waals surface area contributed by atoms with E-state index in [1.807, 2.05) is 0 Å². The topological polar surface area (TPSA) is 88.3 Å². The Hall–Kier alpha value is -2.70. The van der Waals surface area contributed by atoms with Crippen LogP contribution in [-0.2, 0) is 4.79 Å². The molecule has 1 N–H and O–H groups in total. The van der Waals surface area contributed by atoms with Crippen molar-refractivity contribution in [2.75, 3.05) is 13.1 Å². The van der Waals surface area contributed by atoms with E-state index in [0.29, 0.717) is 18.7 Å². The van der Waals surface area contributed by atoms with E-state index in [4.69, 9.17) is 0 Å². The Balaban J connectivity index is 1.82. The van der Waals surface area contributed by atoms with Gasteiger partial charge < -0.3 is 10.0 Å². The quantitative estimate of drug-likeness (QED) is 0.920. The van der Waals surface area contributed by atoms with Crippen molar-refractivity contribution in [3.63, 3.8) is 0 Å². The Bertz CT molecular complexity index is 713. The second-order valence-electron chi connectivity index (χ2n) is 5.69. The van der Waals surface area contributed by atoms with Crippen LogP contribution in [0, 0.1) is 5.41 Å². The number of aromatic nitrogens is 3. The molecule has 1 aliphatic rings. The van der Waals surface area contributed by atoms with Gasteiger partial charge in [0, 0.05) is 31.7 Å². The van der Waals surface area contributed by atoms with Crippen LogP contribution in [0.4, 0.5) is 0 Å². The number of nitrogens with zero attached hydrogens (tertiary/aromatic N) is 4. The number of hydrogen-bond donors (Lipinski definition) is 1.